The Labute approximate surface area is 111 Å². The fourth-order valence-electron chi connectivity index (χ4n) is 1.94. The van der Waals surface area contributed by atoms with E-state index in [0.717, 1.165) is 12.8 Å². The molecular formula is C15H22O2S. The molecule has 0 heterocycles. The number of allylic oxidation sites excluding steroid dienone is 1. The Balaban J connectivity index is 3.03. The molecule has 0 aliphatic rings. The van der Waals surface area contributed by atoms with Crippen LogP contribution in [0.1, 0.15) is 45.1 Å². The lowest BCUT2D eigenvalue weighted by Crippen LogP contribution is -2.14. The highest BCUT2D eigenvalue weighted by Crippen LogP contribution is 2.25. The lowest BCUT2D eigenvalue weighted by atomic mass is 9.93. The summed E-state index contributed by atoms with van der Waals surface area (Å²) in [5, 5.41) is -0.376. The van der Waals surface area contributed by atoms with E-state index in [1.165, 1.54) is 5.56 Å². The molecule has 18 heavy (non-hydrogen) atoms. The molecule has 0 saturated heterocycles. The van der Waals surface area contributed by atoms with Crippen LogP contribution in [0.25, 0.3) is 0 Å². The molecule has 0 aliphatic heterocycles. The number of sulfone groups is 1. The first-order valence-corrected chi connectivity index (χ1v) is 7.92. The Morgan fingerprint density at radius 1 is 1.22 bits per heavy atom. The van der Waals surface area contributed by atoms with Gasteiger partial charge in [-0.25, -0.2) is 8.42 Å². The predicted molar refractivity (Wildman–Crippen MR) is 76.6 cm³/mol. The molecule has 1 aromatic rings. The lowest BCUT2D eigenvalue weighted by Gasteiger charge is -2.14. The minimum Gasteiger partial charge on any atom is -0.223 e. The molecule has 1 atom stereocenters. The van der Waals surface area contributed by atoms with E-state index in [4.69, 9.17) is 0 Å². The molecule has 100 valence electrons. The van der Waals surface area contributed by atoms with Gasteiger partial charge >= 0.3 is 0 Å². The minimum atomic E-state index is -3.16. The van der Waals surface area contributed by atoms with Crippen LogP contribution < -0.4 is 0 Å². The van der Waals surface area contributed by atoms with Crippen LogP contribution in [0.15, 0.2) is 41.8 Å². The third-order valence-electron chi connectivity index (χ3n) is 3.24. The normalized spacial score (nSPS) is 13.6. The van der Waals surface area contributed by atoms with E-state index in [9.17, 15) is 8.42 Å². The standard InChI is InChI=1S/C15H22O2S/c1-5-7-13(6-2)14-8-10-15(11-9-14)18(16,17)12(3)4/h5,8-13H,1,6-7H2,2-4H3. The summed E-state index contributed by atoms with van der Waals surface area (Å²) >= 11 is 0. The summed E-state index contributed by atoms with van der Waals surface area (Å²) in [5.41, 5.74) is 1.18. The van der Waals surface area contributed by atoms with Crippen molar-refractivity contribution < 1.29 is 8.42 Å². The van der Waals surface area contributed by atoms with Gasteiger partial charge < -0.3 is 0 Å². The zero-order valence-corrected chi connectivity index (χ0v) is 12.2. The van der Waals surface area contributed by atoms with Crippen molar-refractivity contribution in [3.8, 4) is 0 Å². The topological polar surface area (TPSA) is 34.1 Å². The third-order valence-corrected chi connectivity index (χ3v) is 5.42. The lowest BCUT2D eigenvalue weighted by molar-refractivity contribution is 0.587. The summed E-state index contributed by atoms with van der Waals surface area (Å²) in [4.78, 5) is 0.412. The van der Waals surface area contributed by atoms with Gasteiger partial charge in [-0.05, 0) is 50.3 Å². The first-order chi connectivity index (χ1) is 8.43. The molecule has 0 amide bonds. The monoisotopic (exact) mass is 266 g/mol. The van der Waals surface area contributed by atoms with Gasteiger partial charge in [-0.3, -0.25) is 0 Å². The minimum absolute atomic E-state index is 0.376. The Hall–Kier alpha value is -1.09. The molecule has 3 heteroatoms. The molecule has 0 bridgehead atoms. The van der Waals surface area contributed by atoms with Crippen molar-refractivity contribution in [2.45, 2.75) is 49.7 Å². The molecule has 0 spiro atoms. The number of hydrogen-bond acceptors (Lipinski definition) is 2. The van der Waals surface area contributed by atoms with Gasteiger partial charge in [-0.2, -0.15) is 0 Å². The molecule has 1 aromatic carbocycles. The van der Waals surface area contributed by atoms with E-state index in [2.05, 4.69) is 13.5 Å². The fourth-order valence-corrected chi connectivity index (χ4v) is 3.00. The van der Waals surface area contributed by atoms with Gasteiger partial charge in [0.25, 0.3) is 0 Å². The van der Waals surface area contributed by atoms with Crippen LogP contribution in [-0.2, 0) is 9.84 Å². The van der Waals surface area contributed by atoms with Crippen LogP contribution in [0, 0.1) is 0 Å². The zero-order valence-electron chi connectivity index (χ0n) is 11.4. The zero-order chi connectivity index (χ0) is 13.8. The van der Waals surface area contributed by atoms with Crippen molar-refractivity contribution in [3.63, 3.8) is 0 Å². The first-order valence-electron chi connectivity index (χ1n) is 6.38. The highest BCUT2D eigenvalue weighted by atomic mass is 32.2. The van der Waals surface area contributed by atoms with Gasteiger partial charge in [0.05, 0.1) is 10.1 Å². The molecule has 1 unspecified atom stereocenters. The molecule has 0 radical (unpaired) electrons. The van der Waals surface area contributed by atoms with E-state index in [1.54, 1.807) is 26.0 Å². The summed E-state index contributed by atoms with van der Waals surface area (Å²) in [7, 11) is -3.16. The van der Waals surface area contributed by atoms with Gasteiger partial charge in [-0.15, -0.1) is 6.58 Å². The molecule has 0 N–H and O–H groups in total. The molecule has 0 aromatic heterocycles. The van der Waals surface area contributed by atoms with Crippen molar-refractivity contribution >= 4 is 9.84 Å². The number of rotatable bonds is 6. The van der Waals surface area contributed by atoms with Crippen LogP contribution in [-0.4, -0.2) is 13.7 Å². The van der Waals surface area contributed by atoms with E-state index in [1.807, 2.05) is 18.2 Å². The van der Waals surface area contributed by atoms with Crippen LogP contribution >= 0.6 is 0 Å². The maximum absolute atomic E-state index is 12.0. The van der Waals surface area contributed by atoms with Crippen LogP contribution in [0.3, 0.4) is 0 Å². The van der Waals surface area contributed by atoms with Gasteiger partial charge in [0.2, 0.25) is 0 Å². The average Bonchev–Trinajstić information content (AvgIpc) is 2.36. The van der Waals surface area contributed by atoms with Gasteiger partial charge in [0.15, 0.2) is 9.84 Å². The summed E-state index contributed by atoms with van der Waals surface area (Å²) in [6, 6.07) is 7.28. The maximum atomic E-state index is 12.0. The van der Waals surface area contributed by atoms with Gasteiger partial charge in [0.1, 0.15) is 0 Å². The van der Waals surface area contributed by atoms with E-state index >= 15 is 0 Å². The van der Waals surface area contributed by atoms with Crippen molar-refractivity contribution in [2.75, 3.05) is 0 Å². The fraction of sp³-hybridized carbons (Fsp3) is 0.467. The van der Waals surface area contributed by atoms with Crippen molar-refractivity contribution in [1.82, 2.24) is 0 Å². The van der Waals surface area contributed by atoms with E-state index < -0.39 is 9.84 Å². The van der Waals surface area contributed by atoms with E-state index in [0.29, 0.717) is 10.8 Å². The second-order valence-electron chi connectivity index (χ2n) is 4.79. The molecule has 1 rings (SSSR count). The first kappa shape index (κ1) is 15.0. The Morgan fingerprint density at radius 3 is 2.17 bits per heavy atom. The van der Waals surface area contributed by atoms with Crippen LogP contribution in [0.2, 0.25) is 0 Å². The Morgan fingerprint density at radius 2 is 1.78 bits per heavy atom. The molecule has 0 fully saturated rings. The average molecular weight is 266 g/mol. The quantitative estimate of drug-likeness (QED) is 0.731. The highest BCUT2D eigenvalue weighted by molar-refractivity contribution is 7.92. The summed E-state index contributed by atoms with van der Waals surface area (Å²) < 4.78 is 24.0. The Kier molecular flexibility index (Phi) is 5.15. The highest BCUT2D eigenvalue weighted by Gasteiger charge is 2.19. The van der Waals surface area contributed by atoms with Gasteiger partial charge in [-0.1, -0.05) is 25.1 Å². The number of benzene rings is 1. The molecule has 0 aliphatic carbocycles. The molecular weight excluding hydrogens is 244 g/mol. The molecule has 0 saturated carbocycles. The second-order valence-corrected chi connectivity index (χ2v) is 7.30. The summed E-state index contributed by atoms with van der Waals surface area (Å²) in [6.07, 6.45) is 3.86. The summed E-state index contributed by atoms with van der Waals surface area (Å²) in [6.45, 7) is 9.30. The largest absolute Gasteiger partial charge is 0.223 e. The third kappa shape index (κ3) is 3.22. The number of hydrogen-bond donors (Lipinski definition) is 0. The van der Waals surface area contributed by atoms with E-state index in [-0.39, 0.29) is 5.25 Å². The van der Waals surface area contributed by atoms with Crippen LogP contribution in [0.4, 0.5) is 0 Å². The van der Waals surface area contributed by atoms with Crippen molar-refractivity contribution in [2.24, 2.45) is 0 Å². The summed E-state index contributed by atoms with van der Waals surface area (Å²) in [5.74, 6) is 0.429. The van der Waals surface area contributed by atoms with Gasteiger partial charge in [0, 0.05) is 0 Å². The second kappa shape index (κ2) is 6.19. The predicted octanol–water partition coefficient (Wildman–Crippen LogP) is 3.94. The van der Waals surface area contributed by atoms with Crippen molar-refractivity contribution in [1.29, 1.82) is 0 Å². The maximum Gasteiger partial charge on any atom is 0.180 e. The SMILES string of the molecule is C=CCC(CC)c1ccc(S(=O)(=O)C(C)C)cc1. The van der Waals surface area contributed by atoms with Crippen LogP contribution in [0.5, 0.6) is 0 Å². The Bertz CT molecular complexity index is 484. The smallest absolute Gasteiger partial charge is 0.180 e. The van der Waals surface area contributed by atoms with Crippen molar-refractivity contribution in [3.05, 3.63) is 42.5 Å². The molecule has 2 nitrogen and oxygen atoms in total.